The maximum absolute atomic E-state index is 12.0. The molecule has 1 aliphatic rings. The number of hydrogen-bond donors (Lipinski definition) is 2. The van der Waals surface area contributed by atoms with E-state index in [1.54, 1.807) is 6.26 Å². The summed E-state index contributed by atoms with van der Waals surface area (Å²) in [6.45, 7) is 1.02. The van der Waals surface area contributed by atoms with Crippen molar-refractivity contribution in [1.29, 1.82) is 0 Å². The SMILES string of the molecule is O=C(CC1CCCCN1)Nc1coc2ccccc12. The van der Waals surface area contributed by atoms with Gasteiger partial charge >= 0.3 is 0 Å². The number of piperidine rings is 1. The van der Waals surface area contributed by atoms with Crippen molar-refractivity contribution in [3.05, 3.63) is 30.5 Å². The van der Waals surface area contributed by atoms with Crippen molar-refractivity contribution < 1.29 is 9.21 Å². The zero-order valence-electron chi connectivity index (χ0n) is 10.8. The highest BCUT2D eigenvalue weighted by Gasteiger charge is 2.17. The number of rotatable bonds is 3. The lowest BCUT2D eigenvalue weighted by Gasteiger charge is -2.22. The molecule has 2 heterocycles. The van der Waals surface area contributed by atoms with E-state index < -0.39 is 0 Å². The molecule has 100 valence electrons. The summed E-state index contributed by atoms with van der Waals surface area (Å²) in [6, 6.07) is 8.02. The number of nitrogens with one attached hydrogen (secondary N) is 2. The molecule has 1 unspecified atom stereocenters. The van der Waals surface area contributed by atoms with Crippen molar-refractivity contribution in [2.75, 3.05) is 11.9 Å². The zero-order valence-corrected chi connectivity index (χ0v) is 10.8. The van der Waals surface area contributed by atoms with Gasteiger partial charge in [-0.15, -0.1) is 0 Å². The maximum atomic E-state index is 12.0. The van der Waals surface area contributed by atoms with Gasteiger partial charge in [0.25, 0.3) is 0 Å². The molecule has 0 aliphatic carbocycles. The van der Waals surface area contributed by atoms with Crippen molar-refractivity contribution in [2.45, 2.75) is 31.7 Å². The van der Waals surface area contributed by atoms with Crippen molar-refractivity contribution in [3.8, 4) is 0 Å². The Bertz CT molecular complexity index is 570. The second-order valence-corrected chi connectivity index (χ2v) is 5.04. The summed E-state index contributed by atoms with van der Waals surface area (Å²) in [6.07, 6.45) is 5.64. The van der Waals surface area contributed by atoms with Crippen LogP contribution in [0.5, 0.6) is 0 Å². The van der Waals surface area contributed by atoms with Crippen molar-refractivity contribution in [3.63, 3.8) is 0 Å². The molecular weight excluding hydrogens is 240 g/mol. The van der Waals surface area contributed by atoms with Crippen LogP contribution in [0.1, 0.15) is 25.7 Å². The molecule has 1 atom stereocenters. The molecule has 0 bridgehead atoms. The minimum absolute atomic E-state index is 0.0472. The number of amides is 1. The molecule has 4 nitrogen and oxygen atoms in total. The number of furan rings is 1. The van der Waals surface area contributed by atoms with Crippen LogP contribution in [0.3, 0.4) is 0 Å². The Labute approximate surface area is 112 Å². The van der Waals surface area contributed by atoms with Crippen LogP contribution >= 0.6 is 0 Å². The molecule has 19 heavy (non-hydrogen) atoms. The van der Waals surface area contributed by atoms with Gasteiger partial charge in [0.2, 0.25) is 5.91 Å². The lowest BCUT2D eigenvalue weighted by atomic mass is 10.0. The summed E-state index contributed by atoms with van der Waals surface area (Å²) in [5.74, 6) is 0.0472. The first-order valence-corrected chi connectivity index (χ1v) is 6.82. The number of para-hydroxylation sites is 1. The number of anilines is 1. The molecule has 1 fully saturated rings. The zero-order chi connectivity index (χ0) is 13.1. The predicted molar refractivity (Wildman–Crippen MR) is 75.1 cm³/mol. The van der Waals surface area contributed by atoms with Gasteiger partial charge in [-0.2, -0.15) is 0 Å². The van der Waals surface area contributed by atoms with E-state index in [1.807, 2.05) is 24.3 Å². The van der Waals surface area contributed by atoms with Gasteiger partial charge in [-0.25, -0.2) is 0 Å². The third-order valence-corrected chi connectivity index (χ3v) is 3.60. The first-order valence-electron chi connectivity index (χ1n) is 6.82. The smallest absolute Gasteiger partial charge is 0.226 e. The second-order valence-electron chi connectivity index (χ2n) is 5.04. The van der Waals surface area contributed by atoms with Crippen LogP contribution < -0.4 is 10.6 Å². The van der Waals surface area contributed by atoms with E-state index in [0.717, 1.165) is 29.6 Å². The van der Waals surface area contributed by atoms with Crippen LogP contribution in [0.15, 0.2) is 34.9 Å². The molecule has 0 radical (unpaired) electrons. The summed E-state index contributed by atoms with van der Waals surface area (Å²) in [5, 5.41) is 7.27. The molecule has 1 amide bonds. The van der Waals surface area contributed by atoms with E-state index >= 15 is 0 Å². The third kappa shape index (κ3) is 2.79. The number of carbonyl (C=O) groups is 1. The van der Waals surface area contributed by atoms with Crippen molar-refractivity contribution in [1.82, 2.24) is 5.32 Å². The molecule has 0 spiro atoms. The standard InChI is InChI=1S/C15H18N2O2/c18-15(9-11-5-3-4-8-16-11)17-13-10-19-14-7-2-1-6-12(13)14/h1-2,6-7,10-11,16H,3-5,8-9H2,(H,17,18). The fourth-order valence-corrected chi connectivity index (χ4v) is 2.60. The van der Waals surface area contributed by atoms with Crippen LogP contribution in [0, 0.1) is 0 Å². The monoisotopic (exact) mass is 258 g/mol. The summed E-state index contributed by atoms with van der Waals surface area (Å²) in [5.41, 5.74) is 1.56. The summed E-state index contributed by atoms with van der Waals surface area (Å²) < 4.78 is 5.41. The van der Waals surface area contributed by atoms with Crippen LogP contribution in [0.25, 0.3) is 11.0 Å². The largest absolute Gasteiger partial charge is 0.462 e. The van der Waals surface area contributed by atoms with Gasteiger partial charge in [-0.3, -0.25) is 4.79 Å². The Morgan fingerprint density at radius 3 is 3.11 bits per heavy atom. The first kappa shape index (κ1) is 12.2. The number of fused-ring (bicyclic) bond motifs is 1. The van der Waals surface area contributed by atoms with E-state index in [4.69, 9.17) is 4.42 Å². The van der Waals surface area contributed by atoms with Gasteiger partial charge in [-0.1, -0.05) is 18.6 Å². The molecule has 0 saturated carbocycles. The van der Waals surface area contributed by atoms with Crippen molar-refractivity contribution in [2.24, 2.45) is 0 Å². The molecule has 1 saturated heterocycles. The van der Waals surface area contributed by atoms with Gasteiger partial charge in [0.15, 0.2) is 0 Å². The lowest BCUT2D eigenvalue weighted by molar-refractivity contribution is -0.116. The fourth-order valence-electron chi connectivity index (χ4n) is 2.60. The van der Waals surface area contributed by atoms with Crippen LogP contribution in [-0.4, -0.2) is 18.5 Å². The normalized spacial score (nSPS) is 19.5. The molecular formula is C15H18N2O2. The molecule has 2 aromatic rings. The Morgan fingerprint density at radius 2 is 2.26 bits per heavy atom. The Morgan fingerprint density at radius 1 is 1.37 bits per heavy atom. The topological polar surface area (TPSA) is 54.3 Å². The summed E-state index contributed by atoms with van der Waals surface area (Å²) >= 11 is 0. The van der Waals surface area contributed by atoms with Gasteiger partial charge in [-0.05, 0) is 31.5 Å². The highest BCUT2D eigenvalue weighted by Crippen LogP contribution is 2.25. The average molecular weight is 258 g/mol. The molecule has 3 rings (SSSR count). The van der Waals surface area contributed by atoms with Gasteiger partial charge in [0, 0.05) is 17.8 Å². The Kier molecular flexibility index (Phi) is 3.51. The number of benzene rings is 1. The third-order valence-electron chi connectivity index (χ3n) is 3.60. The molecule has 1 aromatic heterocycles. The van der Waals surface area contributed by atoms with Crippen LogP contribution in [0.4, 0.5) is 5.69 Å². The average Bonchev–Trinajstić information content (AvgIpc) is 2.83. The fraction of sp³-hybridized carbons (Fsp3) is 0.400. The Balaban J connectivity index is 1.65. The minimum atomic E-state index is 0.0472. The second kappa shape index (κ2) is 5.45. The first-order chi connectivity index (χ1) is 9.33. The van der Waals surface area contributed by atoms with Crippen molar-refractivity contribution >= 4 is 22.6 Å². The van der Waals surface area contributed by atoms with E-state index in [1.165, 1.54) is 12.8 Å². The van der Waals surface area contributed by atoms with Crippen LogP contribution in [0.2, 0.25) is 0 Å². The molecule has 1 aromatic carbocycles. The van der Waals surface area contributed by atoms with E-state index in [0.29, 0.717) is 12.5 Å². The van der Waals surface area contributed by atoms with E-state index in [-0.39, 0.29) is 5.91 Å². The predicted octanol–water partition coefficient (Wildman–Crippen LogP) is 2.90. The highest BCUT2D eigenvalue weighted by molar-refractivity contribution is 6.00. The highest BCUT2D eigenvalue weighted by atomic mass is 16.3. The van der Waals surface area contributed by atoms with Gasteiger partial charge in [0.05, 0.1) is 5.69 Å². The van der Waals surface area contributed by atoms with Crippen LogP contribution in [-0.2, 0) is 4.79 Å². The molecule has 1 aliphatic heterocycles. The molecule has 2 N–H and O–H groups in total. The Hall–Kier alpha value is -1.81. The molecule has 4 heteroatoms. The summed E-state index contributed by atoms with van der Waals surface area (Å²) in [4.78, 5) is 12.0. The van der Waals surface area contributed by atoms with E-state index in [9.17, 15) is 4.79 Å². The number of carbonyl (C=O) groups excluding carboxylic acids is 1. The lowest BCUT2D eigenvalue weighted by Crippen LogP contribution is -2.36. The van der Waals surface area contributed by atoms with E-state index in [2.05, 4.69) is 10.6 Å². The summed E-state index contributed by atoms with van der Waals surface area (Å²) in [7, 11) is 0. The number of hydrogen-bond acceptors (Lipinski definition) is 3. The van der Waals surface area contributed by atoms with Gasteiger partial charge in [0.1, 0.15) is 11.8 Å². The minimum Gasteiger partial charge on any atom is -0.462 e. The van der Waals surface area contributed by atoms with Gasteiger partial charge < -0.3 is 15.1 Å². The quantitative estimate of drug-likeness (QED) is 0.890. The maximum Gasteiger partial charge on any atom is 0.226 e.